The van der Waals surface area contributed by atoms with Crippen LogP contribution in [0.25, 0.3) is 0 Å². The van der Waals surface area contributed by atoms with E-state index in [9.17, 15) is 22.5 Å². The van der Waals surface area contributed by atoms with E-state index in [1.54, 1.807) is 0 Å². The highest BCUT2D eigenvalue weighted by Crippen LogP contribution is 2.42. The van der Waals surface area contributed by atoms with E-state index >= 15 is 0 Å². The number of aliphatic carboxylic acids is 1. The van der Waals surface area contributed by atoms with Gasteiger partial charge in [-0.05, 0) is 42.3 Å². The Morgan fingerprint density at radius 3 is 2.41 bits per heavy atom. The number of fused-ring (bicyclic) bond motifs is 1. The van der Waals surface area contributed by atoms with Crippen molar-refractivity contribution in [3.05, 3.63) is 52.0 Å². The first-order valence-corrected chi connectivity index (χ1v) is 9.44. The highest BCUT2D eigenvalue weighted by atomic mass is 35.5. The fraction of sp³-hybridized carbons (Fsp3) is 0.235. The van der Waals surface area contributed by atoms with Crippen molar-refractivity contribution >= 4 is 40.3 Å². The standard InChI is InChI=1S/C17H11Cl2F3O4S/c18-9-1-3-10(4-2-9)27(25)14-7-13-8(6-12(14)19)5-11(16(23)24)15(26-13)17(20,21)22/h1-4,6-7,11,15H,5H2,(H,23,24). The summed E-state index contributed by atoms with van der Waals surface area (Å²) < 4.78 is 57.3. The van der Waals surface area contributed by atoms with E-state index in [-0.39, 0.29) is 21.2 Å². The predicted octanol–water partition coefficient (Wildman–Crippen LogP) is 4.73. The molecule has 0 spiro atoms. The van der Waals surface area contributed by atoms with Crippen molar-refractivity contribution < 1.29 is 32.4 Å². The summed E-state index contributed by atoms with van der Waals surface area (Å²) in [6.45, 7) is 0. The molecule has 0 fully saturated rings. The van der Waals surface area contributed by atoms with Gasteiger partial charge in [0.2, 0.25) is 6.10 Å². The Labute approximate surface area is 165 Å². The lowest BCUT2D eigenvalue weighted by Gasteiger charge is -2.32. The monoisotopic (exact) mass is 438 g/mol. The Balaban J connectivity index is 2.00. The zero-order valence-electron chi connectivity index (χ0n) is 13.3. The van der Waals surface area contributed by atoms with Gasteiger partial charge in [0.05, 0.1) is 5.02 Å². The maximum atomic E-state index is 13.2. The van der Waals surface area contributed by atoms with Crippen LogP contribution in [0, 0.1) is 5.92 Å². The second-order valence-electron chi connectivity index (χ2n) is 5.84. The molecule has 0 aliphatic carbocycles. The zero-order chi connectivity index (χ0) is 19.9. The van der Waals surface area contributed by atoms with Crippen LogP contribution in [0.5, 0.6) is 5.75 Å². The summed E-state index contributed by atoms with van der Waals surface area (Å²) >= 11 is 10.2. The average molecular weight is 439 g/mol. The summed E-state index contributed by atoms with van der Waals surface area (Å²) in [5.41, 5.74) is 0.213. The maximum Gasteiger partial charge on any atom is 0.426 e. The van der Waals surface area contributed by atoms with Crippen molar-refractivity contribution in [2.24, 2.45) is 5.92 Å². The molecule has 0 radical (unpaired) electrons. The van der Waals surface area contributed by atoms with Gasteiger partial charge >= 0.3 is 12.1 Å². The Kier molecular flexibility index (Phi) is 5.54. The second-order valence-corrected chi connectivity index (χ2v) is 8.13. The first kappa shape index (κ1) is 20.1. The van der Waals surface area contributed by atoms with Gasteiger partial charge in [-0.25, -0.2) is 0 Å². The summed E-state index contributed by atoms with van der Waals surface area (Å²) in [6, 6.07) is 8.52. The molecular weight excluding hydrogens is 428 g/mol. The number of carboxylic acid groups (broad SMARTS) is 1. The Morgan fingerprint density at radius 2 is 1.85 bits per heavy atom. The molecule has 2 aromatic carbocycles. The molecule has 27 heavy (non-hydrogen) atoms. The van der Waals surface area contributed by atoms with Gasteiger partial charge in [-0.2, -0.15) is 13.2 Å². The average Bonchev–Trinajstić information content (AvgIpc) is 2.59. The lowest BCUT2D eigenvalue weighted by atomic mass is 9.90. The largest absolute Gasteiger partial charge is 0.606 e. The molecule has 0 bridgehead atoms. The molecule has 3 rings (SSSR count). The van der Waals surface area contributed by atoms with Crippen LogP contribution in [-0.2, 0) is 22.4 Å². The van der Waals surface area contributed by atoms with Crippen molar-refractivity contribution in [1.29, 1.82) is 0 Å². The first-order chi connectivity index (χ1) is 12.6. The number of ether oxygens (including phenoxy) is 1. The van der Waals surface area contributed by atoms with Crippen molar-refractivity contribution in [3.8, 4) is 5.75 Å². The number of benzene rings is 2. The van der Waals surface area contributed by atoms with Gasteiger partial charge in [0.25, 0.3) is 0 Å². The summed E-state index contributed by atoms with van der Waals surface area (Å²) in [7, 11) is 0. The molecule has 3 atom stereocenters. The van der Waals surface area contributed by atoms with Crippen LogP contribution in [0.1, 0.15) is 5.56 Å². The third-order valence-corrected chi connectivity index (χ3v) is 6.16. The van der Waals surface area contributed by atoms with E-state index in [0.29, 0.717) is 9.92 Å². The van der Waals surface area contributed by atoms with Gasteiger partial charge in [-0.3, -0.25) is 4.79 Å². The van der Waals surface area contributed by atoms with E-state index < -0.39 is 41.8 Å². The molecule has 1 aliphatic rings. The summed E-state index contributed by atoms with van der Waals surface area (Å²) in [4.78, 5) is 11.6. The van der Waals surface area contributed by atoms with E-state index in [0.717, 1.165) is 0 Å². The van der Waals surface area contributed by atoms with Crippen LogP contribution < -0.4 is 4.74 Å². The molecule has 0 aromatic heterocycles. The lowest BCUT2D eigenvalue weighted by molar-refractivity contribution is -0.217. The van der Waals surface area contributed by atoms with E-state index in [1.165, 1.54) is 36.4 Å². The van der Waals surface area contributed by atoms with Crippen LogP contribution in [0.3, 0.4) is 0 Å². The number of carboxylic acids is 1. The lowest BCUT2D eigenvalue weighted by Crippen LogP contribution is -2.47. The third-order valence-electron chi connectivity index (χ3n) is 4.04. The zero-order valence-corrected chi connectivity index (χ0v) is 15.6. The highest BCUT2D eigenvalue weighted by Gasteiger charge is 2.52. The Morgan fingerprint density at radius 1 is 1.22 bits per heavy atom. The van der Waals surface area contributed by atoms with Crippen molar-refractivity contribution in [1.82, 2.24) is 0 Å². The number of carbonyl (C=O) groups is 1. The molecule has 10 heteroatoms. The van der Waals surface area contributed by atoms with Crippen molar-refractivity contribution in [3.63, 3.8) is 0 Å². The van der Waals surface area contributed by atoms with Crippen molar-refractivity contribution in [2.45, 2.75) is 28.5 Å². The minimum absolute atomic E-state index is 0.0419. The summed E-state index contributed by atoms with van der Waals surface area (Å²) in [5.74, 6) is -3.59. The molecular formula is C17H11Cl2F3O4S. The Hall–Kier alpha value is -1.61. The van der Waals surface area contributed by atoms with Crippen LogP contribution in [-0.4, -0.2) is 27.9 Å². The van der Waals surface area contributed by atoms with Crippen LogP contribution in [0.4, 0.5) is 13.2 Å². The predicted molar refractivity (Wildman–Crippen MR) is 92.9 cm³/mol. The molecule has 2 aromatic rings. The number of alkyl halides is 3. The van der Waals surface area contributed by atoms with Crippen LogP contribution >= 0.6 is 23.2 Å². The second kappa shape index (κ2) is 7.43. The number of rotatable bonds is 3. The Bertz CT molecular complexity index is 874. The maximum absolute atomic E-state index is 13.2. The van der Waals surface area contributed by atoms with Crippen LogP contribution in [0.2, 0.25) is 10.0 Å². The van der Waals surface area contributed by atoms with Crippen LogP contribution in [0.15, 0.2) is 46.2 Å². The van der Waals surface area contributed by atoms with Gasteiger partial charge in [0, 0.05) is 22.3 Å². The highest BCUT2D eigenvalue weighted by molar-refractivity contribution is 7.91. The normalized spacial score (nSPS) is 20.5. The minimum Gasteiger partial charge on any atom is -0.606 e. The molecule has 1 aliphatic heterocycles. The topological polar surface area (TPSA) is 69.6 Å². The van der Waals surface area contributed by atoms with Crippen molar-refractivity contribution in [2.75, 3.05) is 0 Å². The number of hydrogen-bond acceptors (Lipinski definition) is 3. The molecule has 0 saturated heterocycles. The minimum atomic E-state index is -4.87. The fourth-order valence-electron chi connectivity index (χ4n) is 2.75. The fourth-order valence-corrected chi connectivity index (χ4v) is 4.36. The molecule has 144 valence electrons. The smallest absolute Gasteiger partial charge is 0.426 e. The molecule has 4 nitrogen and oxygen atoms in total. The van der Waals surface area contributed by atoms with E-state index in [1.807, 2.05) is 0 Å². The summed E-state index contributed by atoms with van der Waals surface area (Å²) in [6.07, 6.45) is -7.77. The van der Waals surface area contributed by atoms with Gasteiger partial charge < -0.3 is 14.4 Å². The number of halogens is 5. The SMILES string of the molecule is O=C(O)C1Cc2cc(Cl)c([S+]([O-])c3ccc(Cl)cc3)cc2OC1C(F)(F)F. The number of hydrogen-bond donors (Lipinski definition) is 1. The third kappa shape index (κ3) is 4.13. The van der Waals surface area contributed by atoms with Gasteiger partial charge in [-0.1, -0.05) is 23.2 Å². The quantitative estimate of drug-likeness (QED) is 0.703. The first-order valence-electron chi connectivity index (χ1n) is 7.54. The molecule has 3 unspecified atom stereocenters. The van der Waals surface area contributed by atoms with Gasteiger partial charge in [-0.15, -0.1) is 0 Å². The van der Waals surface area contributed by atoms with Gasteiger partial charge in [0.1, 0.15) is 11.7 Å². The van der Waals surface area contributed by atoms with Gasteiger partial charge in [0.15, 0.2) is 9.79 Å². The van der Waals surface area contributed by atoms with E-state index in [2.05, 4.69) is 0 Å². The van der Waals surface area contributed by atoms with E-state index in [4.69, 9.17) is 33.0 Å². The summed E-state index contributed by atoms with van der Waals surface area (Å²) in [5, 5.41) is 9.58. The molecule has 0 saturated carbocycles. The molecule has 1 N–H and O–H groups in total. The molecule has 1 heterocycles. The molecule has 0 amide bonds.